The Labute approximate surface area is 181 Å². The number of ether oxygens (including phenoxy) is 2. The Morgan fingerprint density at radius 1 is 1.23 bits per heavy atom. The number of nitrogens with zero attached hydrogens (tertiary/aromatic N) is 3. The van der Waals surface area contributed by atoms with Crippen LogP contribution in [-0.4, -0.2) is 49.8 Å². The zero-order valence-electron chi connectivity index (χ0n) is 18.0. The van der Waals surface area contributed by atoms with Crippen LogP contribution in [0.2, 0.25) is 0 Å². The number of pyridine rings is 1. The molecule has 3 rings (SSSR count). The molecular weight excluding hydrogens is 404 g/mol. The van der Waals surface area contributed by atoms with Crippen molar-refractivity contribution in [3.63, 3.8) is 0 Å². The van der Waals surface area contributed by atoms with Gasteiger partial charge in [0.05, 0.1) is 11.8 Å². The lowest BCUT2D eigenvalue weighted by molar-refractivity contribution is -0.0495. The summed E-state index contributed by atoms with van der Waals surface area (Å²) in [5, 5.41) is 6.68. The predicted octanol–water partition coefficient (Wildman–Crippen LogP) is 3.41. The minimum atomic E-state index is -2.85. The second-order valence-corrected chi connectivity index (χ2v) is 7.52. The monoisotopic (exact) mass is 433 g/mol. The summed E-state index contributed by atoms with van der Waals surface area (Å²) in [6, 6.07) is 10.8. The fourth-order valence-corrected chi connectivity index (χ4v) is 3.41. The number of aliphatic imine (C=N–C) groups is 1. The largest absolute Gasteiger partial charge is 0.475 e. The van der Waals surface area contributed by atoms with Crippen LogP contribution in [-0.2, 0) is 6.54 Å². The summed E-state index contributed by atoms with van der Waals surface area (Å²) in [5.74, 6) is 1.47. The van der Waals surface area contributed by atoms with Crippen molar-refractivity contribution < 1.29 is 18.3 Å². The Kier molecular flexibility index (Phi) is 7.86. The Morgan fingerprint density at radius 2 is 2.03 bits per heavy atom. The fourth-order valence-electron chi connectivity index (χ4n) is 3.41. The third-order valence-electron chi connectivity index (χ3n) is 4.79. The lowest BCUT2D eigenvalue weighted by atomic mass is 10.2. The highest BCUT2D eigenvalue weighted by atomic mass is 19.3. The molecule has 0 spiro atoms. The molecule has 1 aliphatic rings. The van der Waals surface area contributed by atoms with Crippen LogP contribution in [0.1, 0.15) is 25.8 Å². The number of nitrogens with one attached hydrogen (secondary N) is 2. The smallest absolute Gasteiger partial charge is 0.387 e. The minimum absolute atomic E-state index is 0.0828. The van der Waals surface area contributed by atoms with Crippen LogP contribution in [0.15, 0.2) is 47.6 Å². The van der Waals surface area contributed by atoms with E-state index in [1.54, 1.807) is 31.4 Å². The van der Waals surface area contributed by atoms with Gasteiger partial charge in [0.25, 0.3) is 0 Å². The van der Waals surface area contributed by atoms with Gasteiger partial charge in [-0.1, -0.05) is 18.2 Å². The molecular formula is C22H29F2N5O2. The second-order valence-electron chi connectivity index (χ2n) is 7.52. The third-order valence-corrected chi connectivity index (χ3v) is 4.79. The highest BCUT2D eigenvalue weighted by molar-refractivity contribution is 5.80. The fraction of sp³-hybridized carbons (Fsp3) is 0.455. The molecule has 0 aliphatic carbocycles. The summed E-state index contributed by atoms with van der Waals surface area (Å²) < 4.78 is 35.6. The standard InChI is InChI=1S/C22H29F2N5O2/c1-15(2)30-20-9-8-16(12-26-20)13-27-22(25-3)28-17-10-11-29(14-17)18-6-4-5-7-19(18)31-21(23)24/h4-9,12,15,17,21H,10-11,13-14H2,1-3H3,(H2,25,27,28). The molecule has 2 heterocycles. The first-order valence-electron chi connectivity index (χ1n) is 10.3. The van der Waals surface area contributed by atoms with Crippen LogP contribution >= 0.6 is 0 Å². The SMILES string of the molecule is CN=C(NCc1ccc(OC(C)C)nc1)NC1CCN(c2ccccc2OC(F)F)C1. The number of hydrogen-bond donors (Lipinski definition) is 2. The number of anilines is 1. The van der Waals surface area contributed by atoms with E-state index in [2.05, 4.69) is 25.3 Å². The number of para-hydroxylation sites is 2. The average molecular weight is 434 g/mol. The Hall–Kier alpha value is -3.10. The van der Waals surface area contributed by atoms with Gasteiger partial charge >= 0.3 is 6.61 Å². The molecule has 31 heavy (non-hydrogen) atoms. The quantitative estimate of drug-likeness (QED) is 0.491. The maximum atomic E-state index is 12.7. The summed E-state index contributed by atoms with van der Waals surface area (Å²) in [7, 11) is 1.71. The van der Waals surface area contributed by atoms with E-state index in [-0.39, 0.29) is 17.9 Å². The lowest BCUT2D eigenvalue weighted by Gasteiger charge is -2.22. The molecule has 1 fully saturated rings. The van der Waals surface area contributed by atoms with Gasteiger partial charge in [0.2, 0.25) is 5.88 Å². The Balaban J connectivity index is 1.52. The van der Waals surface area contributed by atoms with Crippen molar-refractivity contribution in [3.05, 3.63) is 48.2 Å². The van der Waals surface area contributed by atoms with Crippen molar-refractivity contribution in [1.29, 1.82) is 0 Å². The van der Waals surface area contributed by atoms with Crippen molar-refractivity contribution in [3.8, 4) is 11.6 Å². The maximum absolute atomic E-state index is 12.7. The highest BCUT2D eigenvalue weighted by Gasteiger charge is 2.26. The van der Waals surface area contributed by atoms with Gasteiger partial charge in [0.15, 0.2) is 5.96 Å². The molecule has 0 amide bonds. The topological polar surface area (TPSA) is 71.0 Å². The predicted molar refractivity (Wildman–Crippen MR) is 117 cm³/mol. The number of hydrogen-bond acceptors (Lipinski definition) is 5. The number of guanidine groups is 1. The molecule has 2 N–H and O–H groups in total. The van der Waals surface area contributed by atoms with Crippen LogP contribution in [0.3, 0.4) is 0 Å². The van der Waals surface area contributed by atoms with Gasteiger partial charge in [-0.2, -0.15) is 8.78 Å². The summed E-state index contributed by atoms with van der Waals surface area (Å²) in [6.45, 7) is 3.03. The van der Waals surface area contributed by atoms with Crippen LogP contribution in [0.4, 0.5) is 14.5 Å². The molecule has 0 bridgehead atoms. The van der Waals surface area contributed by atoms with E-state index in [9.17, 15) is 8.78 Å². The first kappa shape index (κ1) is 22.6. The molecule has 7 nitrogen and oxygen atoms in total. The number of aromatic nitrogens is 1. The first-order valence-corrected chi connectivity index (χ1v) is 10.3. The Morgan fingerprint density at radius 3 is 2.71 bits per heavy atom. The highest BCUT2D eigenvalue weighted by Crippen LogP contribution is 2.31. The van der Waals surface area contributed by atoms with E-state index in [1.807, 2.05) is 36.9 Å². The van der Waals surface area contributed by atoms with Crippen LogP contribution in [0.25, 0.3) is 0 Å². The zero-order valence-corrected chi connectivity index (χ0v) is 18.0. The minimum Gasteiger partial charge on any atom is -0.475 e. The molecule has 0 radical (unpaired) electrons. The van der Waals surface area contributed by atoms with Crippen molar-refractivity contribution in [2.45, 2.75) is 45.6 Å². The molecule has 1 aromatic heterocycles. The van der Waals surface area contributed by atoms with Gasteiger partial charge in [-0.15, -0.1) is 0 Å². The van der Waals surface area contributed by atoms with Gasteiger partial charge in [-0.25, -0.2) is 4.98 Å². The van der Waals surface area contributed by atoms with Gasteiger partial charge in [0, 0.05) is 45.0 Å². The summed E-state index contributed by atoms with van der Waals surface area (Å²) in [4.78, 5) is 10.6. The molecule has 1 aliphatic heterocycles. The van der Waals surface area contributed by atoms with Crippen molar-refractivity contribution >= 4 is 11.6 Å². The molecule has 1 atom stereocenters. The maximum Gasteiger partial charge on any atom is 0.387 e. The molecule has 168 valence electrons. The van der Waals surface area contributed by atoms with E-state index < -0.39 is 6.61 Å². The molecule has 2 aromatic rings. The number of alkyl halides is 2. The first-order chi connectivity index (χ1) is 14.9. The van der Waals surface area contributed by atoms with Crippen LogP contribution in [0, 0.1) is 0 Å². The average Bonchev–Trinajstić information content (AvgIpc) is 3.20. The van der Waals surface area contributed by atoms with Gasteiger partial charge in [0.1, 0.15) is 5.75 Å². The zero-order chi connectivity index (χ0) is 22.2. The molecule has 1 unspecified atom stereocenters. The van der Waals surface area contributed by atoms with Crippen molar-refractivity contribution in [1.82, 2.24) is 15.6 Å². The normalized spacial score (nSPS) is 16.7. The van der Waals surface area contributed by atoms with Gasteiger partial charge < -0.3 is 25.0 Å². The molecule has 9 heteroatoms. The van der Waals surface area contributed by atoms with E-state index in [4.69, 9.17) is 4.74 Å². The van der Waals surface area contributed by atoms with Crippen LogP contribution < -0.4 is 25.0 Å². The van der Waals surface area contributed by atoms with E-state index >= 15 is 0 Å². The Bertz CT molecular complexity index is 861. The second kappa shape index (κ2) is 10.8. The number of benzene rings is 1. The summed E-state index contributed by atoms with van der Waals surface area (Å²) in [6.07, 6.45) is 2.71. The third kappa shape index (κ3) is 6.70. The van der Waals surface area contributed by atoms with Gasteiger partial charge in [-0.3, -0.25) is 4.99 Å². The van der Waals surface area contributed by atoms with E-state index in [1.165, 1.54) is 0 Å². The molecule has 1 aromatic carbocycles. The molecule has 1 saturated heterocycles. The number of rotatable bonds is 8. The van der Waals surface area contributed by atoms with E-state index in [0.717, 1.165) is 18.5 Å². The van der Waals surface area contributed by atoms with Gasteiger partial charge in [-0.05, 0) is 38.0 Å². The van der Waals surface area contributed by atoms with E-state index in [0.29, 0.717) is 30.6 Å². The number of halogens is 2. The summed E-state index contributed by atoms with van der Waals surface area (Å²) in [5.41, 5.74) is 1.68. The van der Waals surface area contributed by atoms with Crippen molar-refractivity contribution in [2.24, 2.45) is 4.99 Å². The van der Waals surface area contributed by atoms with Crippen molar-refractivity contribution in [2.75, 3.05) is 25.0 Å². The molecule has 0 saturated carbocycles. The summed E-state index contributed by atoms with van der Waals surface area (Å²) >= 11 is 0. The van der Waals surface area contributed by atoms with Crippen LogP contribution in [0.5, 0.6) is 11.6 Å². The lowest BCUT2D eigenvalue weighted by Crippen LogP contribution is -2.44.